The van der Waals surface area contributed by atoms with Crippen molar-refractivity contribution in [2.24, 2.45) is 0 Å². The second-order valence-corrected chi connectivity index (χ2v) is 3.45. The van der Waals surface area contributed by atoms with E-state index in [1.165, 1.54) is 0 Å². The molecule has 1 rings (SSSR count). The van der Waals surface area contributed by atoms with Gasteiger partial charge in [-0.15, -0.1) is 0 Å². The zero-order valence-electron chi connectivity index (χ0n) is 9.45. The minimum Gasteiger partial charge on any atom is -0.476 e. The molecule has 0 radical (unpaired) electrons. The van der Waals surface area contributed by atoms with Gasteiger partial charge in [-0.1, -0.05) is 6.92 Å². The molecule has 5 heteroatoms. The Kier molecular flexibility index (Phi) is 4.17. The highest BCUT2D eigenvalue weighted by atomic mass is 16.5. The first-order chi connectivity index (χ1) is 7.13. The van der Waals surface area contributed by atoms with E-state index in [0.29, 0.717) is 18.2 Å². The lowest BCUT2D eigenvalue weighted by atomic mass is 10.4. The van der Waals surface area contributed by atoms with Crippen LogP contribution in [-0.2, 0) is 0 Å². The Labute approximate surface area is 90.2 Å². The van der Waals surface area contributed by atoms with Crippen LogP contribution < -0.4 is 15.9 Å². The molecule has 0 aliphatic heterocycles. The molecule has 0 saturated heterocycles. The van der Waals surface area contributed by atoms with Crippen molar-refractivity contribution in [3.8, 4) is 5.88 Å². The summed E-state index contributed by atoms with van der Waals surface area (Å²) in [7, 11) is 3.79. The van der Waals surface area contributed by atoms with Crippen molar-refractivity contribution in [3.05, 3.63) is 12.1 Å². The van der Waals surface area contributed by atoms with Crippen molar-refractivity contribution in [2.45, 2.75) is 13.3 Å². The zero-order chi connectivity index (χ0) is 11.3. The molecule has 0 aliphatic carbocycles. The Bertz CT molecular complexity index is 314. The van der Waals surface area contributed by atoms with E-state index in [4.69, 9.17) is 10.5 Å². The van der Waals surface area contributed by atoms with Crippen LogP contribution in [0, 0.1) is 0 Å². The van der Waals surface area contributed by atoms with E-state index in [2.05, 4.69) is 10.4 Å². The van der Waals surface area contributed by atoms with Gasteiger partial charge in [0.05, 0.1) is 12.3 Å². The Hall–Kier alpha value is -1.49. The van der Waals surface area contributed by atoms with E-state index in [0.717, 1.165) is 12.2 Å². The first kappa shape index (κ1) is 11.6. The van der Waals surface area contributed by atoms with Crippen LogP contribution in [0.1, 0.15) is 13.3 Å². The fraction of sp³-hybridized carbons (Fsp3) is 0.500. The molecule has 0 atom stereocenters. The molecule has 1 aromatic rings. The summed E-state index contributed by atoms with van der Waals surface area (Å²) in [6.07, 6.45) is 0.937. The largest absolute Gasteiger partial charge is 0.476 e. The third-order valence-electron chi connectivity index (χ3n) is 1.67. The number of hydrazine groups is 1. The average molecular weight is 210 g/mol. The molecule has 1 heterocycles. The lowest BCUT2D eigenvalue weighted by molar-refractivity contribution is 0.307. The highest BCUT2D eigenvalue weighted by Gasteiger charge is 2.04. The number of nitrogen functional groups attached to an aromatic ring is 1. The number of nitrogens with two attached hydrogens (primary N) is 1. The van der Waals surface area contributed by atoms with Crippen LogP contribution in [0.3, 0.4) is 0 Å². The van der Waals surface area contributed by atoms with Crippen molar-refractivity contribution in [1.82, 2.24) is 9.99 Å². The number of nitrogens with one attached hydrogen (secondary N) is 1. The molecule has 0 unspecified atom stereocenters. The van der Waals surface area contributed by atoms with Crippen molar-refractivity contribution < 1.29 is 4.74 Å². The molecule has 0 bridgehead atoms. The summed E-state index contributed by atoms with van der Waals surface area (Å²) in [5.74, 6) is 1.21. The number of nitrogens with zero attached hydrogens (tertiary/aromatic N) is 2. The van der Waals surface area contributed by atoms with Crippen molar-refractivity contribution in [1.29, 1.82) is 0 Å². The van der Waals surface area contributed by atoms with Gasteiger partial charge in [0.25, 0.3) is 0 Å². The van der Waals surface area contributed by atoms with E-state index >= 15 is 0 Å². The predicted octanol–water partition coefficient (Wildman–Crippen LogP) is 1.34. The van der Waals surface area contributed by atoms with E-state index in [1.807, 2.05) is 32.1 Å². The van der Waals surface area contributed by atoms with Gasteiger partial charge in [0.2, 0.25) is 5.88 Å². The molecule has 84 valence electrons. The summed E-state index contributed by atoms with van der Waals surface area (Å²) in [4.78, 5) is 4.25. The highest BCUT2D eigenvalue weighted by Crippen LogP contribution is 2.20. The van der Waals surface area contributed by atoms with E-state index in [9.17, 15) is 0 Å². The normalized spacial score (nSPS) is 10.4. The van der Waals surface area contributed by atoms with Gasteiger partial charge in [-0.05, 0) is 18.6 Å². The molecular weight excluding hydrogens is 192 g/mol. The van der Waals surface area contributed by atoms with Crippen LogP contribution in [0.2, 0.25) is 0 Å². The fourth-order valence-electron chi connectivity index (χ4n) is 1.06. The minimum atomic E-state index is 0.490. The fourth-order valence-corrected chi connectivity index (χ4v) is 1.06. The molecular formula is C10H18N4O. The predicted molar refractivity (Wildman–Crippen MR) is 61.7 cm³/mol. The second-order valence-electron chi connectivity index (χ2n) is 3.45. The topological polar surface area (TPSA) is 63.4 Å². The van der Waals surface area contributed by atoms with Gasteiger partial charge in [-0.3, -0.25) is 0 Å². The van der Waals surface area contributed by atoms with Crippen molar-refractivity contribution >= 4 is 11.5 Å². The number of hydrogen-bond donors (Lipinski definition) is 2. The molecule has 0 spiro atoms. The van der Waals surface area contributed by atoms with Crippen LogP contribution in [-0.4, -0.2) is 30.7 Å². The van der Waals surface area contributed by atoms with Gasteiger partial charge in [-0.25, -0.2) is 5.01 Å². The van der Waals surface area contributed by atoms with Crippen LogP contribution in [0.5, 0.6) is 5.88 Å². The number of pyridine rings is 1. The standard InChI is InChI=1S/C10H18N4O/c1-4-7-15-10-8(11)5-6-9(12-10)13-14(2)3/h5-6H,4,7,11H2,1-3H3,(H,12,13). The smallest absolute Gasteiger partial charge is 0.239 e. The van der Waals surface area contributed by atoms with Gasteiger partial charge < -0.3 is 15.9 Å². The number of ether oxygens (including phenoxy) is 1. The number of aromatic nitrogens is 1. The quantitative estimate of drug-likeness (QED) is 0.718. The van der Waals surface area contributed by atoms with E-state index in [1.54, 1.807) is 6.07 Å². The zero-order valence-corrected chi connectivity index (χ0v) is 9.45. The molecule has 0 saturated carbocycles. The summed E-state index contributed by atoms with van der Waals surface area (Å²) >= 11 is 0. The molecule has 15 heavy (non-hydrogen) atoms. The van der Waals surface area contributed by atoms with Crippen molar-refractivity contribution in [3.63, 3.8) is 0 Å². The molecule has 5 nitrogen and oxygen atoms in total. The highest BCUT2D eigenvalue weighted by molar-refractivity contribution is 5.53. The molecule has 1 aromatic heterocycles. The maximum Gasteiger partial charge on any atom is 0.239 e. The first-order valence-corrected chi connectivity index (χ1v) is 4.96. The SMILES string of the molecule is CCCOc1nc(NN(C)C)ccc1N. The Morgan fingerprint density at radius 2 is 2.20 bits per heavy atom. The number of hydrogen-bond acceptors (Lipinski definition) is 5. The van der Waals surface area contributed by atoms with Crippen LogP contribution in [0.25, 0.3) is 0 Å². The summed E-state index contributed by atoms with van der Waals surface area (Å²) in [6, 6.07) is 3.60. The van der Waals surface area contributed by atoms with Gasteiger partial charge >= 0.3 is 0 Å². The summed E-state index contributed by atoms with van der Waals surface area (Å²) in [6.45, 7) is 2.67. The first-order valence-electron chi connectivity index (χ1n) is 4.96. The summed E-state index contributed by atoms with van der Waals surface area (Å²) in [5.41, 5.74) is 9.33. The number of rotatable bonds is 5. The third-order valence-corrected chi connectivity index (χ3v) is 1.67. The van der Waals surface area contributed by atoms with Crippen LogP contribution in [0.4, 0.5) is 11.5 Å². The number of anilines is 2. The Morgan fingerprint density at radius 1 is 1.47 bits per heavy atom. The molecule has 3 N–H and O–H groups in total. The van der Waals surface area contributed by atoms with Crippen LogP contribution in [0.15, 0.2) is 12.1 Å². The van der Waals surface area contributed by atoms with Gasteiger partial charge in [0.1, 0.15) is 5.82 Å². The second kappa shape index (κ2) is 5.41. The lowest BCUT2D eigenvalue weighted by Crippen LogP contribution is -2.20. The van der Waals surface area contributed by atoms with E-state index < -0.39 is 0 Å². The maximum atomic E-state index is 5.73. The third kappa shape index (κ3) is 3.63. The summed E-state index contributed by atoms with van der Waals surface area (Å²) < 4.78 is 5.41. The molecule has 0 aromatic carbocycles. The minimum absolute atomic E-state index is 0.490. The lowest BCUT2D eigenvalue weighted by Gasteiger charge is -2.14. The van der Waals surface area contributed by atoms with E-state index in [-0.39, 0.29) is 0 Å². The monoisotopic (exact) mass is 210 g/mol. The molecule has 0 fully saturated rings. The van der Waals surface area contributed by atoms with Gasteiger partial charge in [0.15, 0.2) is 0 Å². The summed E-state index contributed by atoms with van der Waals surface area (Å²) in [5, 5.41) is 1.81. The van der Waals surface area contributed by atoms with Gasteiger partial charge in [0, 0.05) is 14.1 Å². The van der Waals surface area contributed by atoms with Crippen molar-refractivity contribution in [2.75, 3.05) is 31.9 Å². The Morgan fingerprint density at radius 3 is 2.80 bits per heavy atom. The Balaban J connectivity index is 2.75. The van der Waals surface area contributed by atoms with Crippen LogP contribution >= 0.6 is 0 Å². The average Bonchev–Trinajstić information content (AvgIpc) is 2.18. The maximum absolute atomic E-state index is 5.73. The molecule has 0 aliphatic rings. The van der Waals surface area contributed by atoms with Gasteiger partial charge in [-0.2, -0.15) is 4.98 Å². The molecule has 0 amide bonds.